The molecule has 0 saturated carbocycles. The molecule has 8 nitrogen and oxygen atoms in total. The smallest absolute Gasteiger partial charge is 0.336 e. The Labute approximate surface area is 195 Å². The predicted octanol–water partition coefficient (Wildman–Crippen LogP) is 5.91. The van der Waals surface area contributed by atoms with E-state index in [4.69, 9.17) is 4.74 Å². The van der Waals surface area contributed by atoms with E-state index in [-0.39, 0.29) is 5.69 Å². The van der Waals surface area contributed by atoms with E-state index in [1.54, 1.807) is 31.2 Å². The summed E-state index contributed by atoms with van der Waals surface area (Å²) in [5.41, 5.74) is 3.24. The average Bonchev–Trinajstić information content (AvgIpc) is 2.83. The Balaban J connectivity index is 1.36. The van der Waals surface area contributed by atoms with E-state index in [9.17, 15) is 14.9 Å². The molecule has 0 atom stereocenters. The van der Waals surface area contributed by atoms with Gasteiger partial charge in [0.25, 0.3) is 5.69 Å². The van der Waals surface area contributed by atoms with Crippen molar-refractivity contribution in [1.82, 2.24) is 4.98 Å². The van der Waals surface area contributed by atoms with Gasteiger partial charge in [0.05, 0.1) is 21.8 Å². The SMILES string of the molecule is Cc1cc([N+](=O)[O-])ccc1N(S)C(=O)Nc1ccc(OCc2ccc3ccccc3n2)cc1. The van der Waals surface area contributed by atoms with Crippen LogP contribution in [-0.4, -0.2) is 15.9 Å². The highest BCUT2D eigenvalue weighted by Crippen LogP contribution is 2.27. The maximum absolute atomic E-state index is 12.6. The van der Waals surface area contributed by atoms with Crippen molar-refractivity contribution < 1.29 is 14.5 Å². The van der Waals surface area contributed by atoms with Crippen molar-refractivity contribution in [2.75, 3.05) is 9.62 Å². The van der Waals surface area contributed by atoms with Gasteiger partial charge in [-0.05, 0) is 55.0 Å². The molecule has 1 N–H and O–H groups in total. The molecule has 2 amide bonds. The lowest BCUT2D eigenvalue weighted by Crippen LogP contribution is -2.27. The maximum Gasteiger partial charge on any atom is 0.336 e. The van der Waals surface area contributed by atoms with E-state index in [1.165, 1.54) is 18.2 Å². The Morgan fingerprint density at radius 3 is 2.58 bits per heavy atom. The van der Waals surface area contributed by atoms with Crippen LogP contribution in [0.4, 0.5) is 21.9 Å². The molecule has 3 aromatic carbocycles. The van der Waals surface area contributed by atoms with Crippen LogP contribution < -0.4 is 14.4 Å². The van der Waals surface area contributed by atoms with E-state index in [0.717, 1.165) is 20.9 Å². The average molecular weight is 461 g/mol. The molecule has 0 aliphatic carbocycles. The standard InChI is InChI=1S/C24H20N4O4S/c1-16-14-20(28(30)31)10-13-23(16)27(33)24(29)26-18-8-11-21(12-9-18)32-15-19-7-6-17-4-2-3-5-22(17)25-19/h2-14,33H,15H2,1H3,(H,26,29). The number of ether oxygens (including phenoxy) is 1. The number of non-ortho nitro benzene ring substituents is 1. The molecule has 4 rings (SSSR count). The second kappa shape index (κ2) is 9.58. The van der Waals surface area contributed by atoms with Gasteiger partial charge in [0.1, 0.15) is 12.4 Å². The number of nitro benzene ring substituents is 1. The molecule has 0 fully saturated rings. The zero-order chi connectivity index (χ0) is 23.4. The first-order valence-corrected chi connectivity index (χ1v) is 10.4. The first-order chi connectivity index (χ1) is 15.9. The van der Waals surface area contributed by atoms with Crippen LogP contribution in [0.3, 0.4) is 0 Å². The van der Waals surface area contributed by atoms with E-state index < -0.39 is 11.0 Å². The summed E-state index contributed by atoms with van der Waals surface area (Å²) in [5.74, 6) is 0.636. The number of amides is 2. The van der Waals surface area contributed by atoms with Crippen LogP contribution in [-0.2, 0) is 6.61 Å². The predicted molar refractivity (Wildman–Crippen MR) is 131 cm³/mol. The lowest BCUT2D eigenvalue weighted by atomic mass is 10.2. The number of benzene rings is 3. The molecule has 4 aromatic rings. The van der Waals surface area contributed by atoms with Gasteiger partial charge in [-0.15, -0.1) is 0 Å². The Hall–Kier alpha value is -4.11. The number of fused-ring (bicyclic) bond motifs is 1. The van der Waals surface area contributed by atoms with E-state index in [0.29, 0.717) is 29.3 Å². The summed E-state index contributed by atoms with van der Waals surface area (Å²) < 4.78 is 6.91. The van der Waals surface area contributed by atoms with Crippen molar-refractivity contribution in [1.29, 1.82) is 0 Å². The number of nitro groups is 1. The topological polar surface area (TPSA) is 97.6 Å². The summed E-state index contributed by atoms with van der Waals surface area (Å²) in [4.78, 5) is 27.5. The fourth-order valence-electron chi connectivity index (χ4n) is 3.26. The number of hydrogen-bond acceptors (Lipinski definition) is 6. The third-order valence-electron chi connectivity index (χ3n) is 4.96. The largest absolute Gasteiger partial charge is 0.487 e. The summed E-state index contributed by atoms with van der Waals surface area (Å²) >= 11 is 4.24. The van der Waals surface area contributed by atoms with Crippen LogP contribution in [0.15, 0.2) is 78.9 Å². The number of carbonyl (C=O) groups excluding carboxylic acids is 1. The minimum absolute atomic E-state index is 0.0483. The van der Waals surface area contributed by atoms with Gasteiger partial charge in [-0.25, -0.2) is 14.1 Å². The summed E-state index contributed by atoms with van der Waals surface area (Å²) in [7, 11) is 0. The van der Waals surface area contributed by atoms with Crippen molar-refractivity contribution in [3.05, 3.63) is 100 Å². The summed E-state index contributed by atoms with van der Waals surface area (Å²) in [6.45, 7) is 2.00. The molecule has 166 valence electrons. The Morgan fingerprint density at radius 2 is 1.85 bits per heavy atom. The number of para-hydroxylation sites is 1. The number of hydrogen-bond donors (Lipinski definition) is 2. The zero-order valence-corrected chi connectivity index (χ0v) is 18.5. The first-order valence-electron chi connectivity index (χ1n) is 10.0. The Morgan fingerprint density at radius 1 is 1.09 bits per heavy atom. The van der Waals surface area contributed by atoms with Gasteiger partial charge in [-0.1, -0.05) is 37.1 Å². The third-order valence-corrected chi connectivity index (χ3v) is 5.36. The van der Waals surface area contributed by atoms with Crippen LogP contribution in [0.5, 0.6) is 5.75 Å². The summed E-state index contributed by atoms with van der Waals surface area (Å²) in [6.07, 6.45) is 0. The fourth-order valence-corrected chi connectivity index (χ4v) is 3.53. The maximum atomic E-state index is 12.6. The lowest BCUT2D eigenvalue weighted by Gasteiger charge is -2.18. The number of aromatic nitrogens is 1. The van der Waals surface area contributed by atoms with E-state index in [2.05, 4.69) is 23.1 Å². The molecule has 33 heavy (non-hydrogen) atoms. The number of nitrogens with zero attached hydrogens (tertiary/aromatic N) is 3. The van der Waals surface area contributed by atoms with Crippen molar-refractivity contribution in [3.63, 3.8) is 0 Å². The molecule has 1 aromatic heterocycles. The monoisotopic (exact) mass is 460 g/mol. The Kier molecular flexibility index (Phi) is 6.41. The lowest BCUT2D eigenvalue weighted by molar-refractivity contribution is -0.384. The summed E-state index contributed by atoms with van der Waals surface area (Å²) in [5, 5.41) is 14.7. The van der Waals surface area contributed by atoms with Crippen LogP contribution in [0.1, 0.15) is 11.3 Å². The minimum atomic E-state index is -0.496. The number of carbonyl (C=O) groups is 1. The molecule has 0 saturated heterocycles. The molecule has 9 heteroatoms. The van der Waals surface area contributed by atoms with Crippen molar-refractivity contribution >= 4 is 46.8 Å². The van der Waals surface area contributed by atoms with Gasteiger partial charge < -0.3 is 10.1 Å². The van der Waals surface area contributed by atoms with Gasteiger partial charge in [0, 0.05) is 23.2 Å². The number of rotatable bonds is 6. The highest BCUT2D eigenvalue weighted by atomic mass is 32.1. The minimum Gasteiger partial charge on any atom is -0.487 e. The second-order valence-corrected chi connectivity index (χ2v) is 7.68. The highest BCUT2D eigenvalue weighted by Gasteiger charge is 2.17. The summed E-state index contributed by atoms with van der Waals surface area (Å²) in [6, 6.07) is 22.5. The number of thiol groups is 1. The van der Waals surface area contributed by atoms with Crippen molar-refractivity contribution in [3.8, 4) is 5.75 Å². The molecule has 0 unspecified atom stereocenters. The van der Waals surface area contributed by atoms with Crippen molar-refractivity contribution in [2.24, 2.45) is 0 Å². The molecule has 1 heterocycles. The third kappa shape index (κ3) is 5.21. The molecule has 0 aliphatic rings. The number of urea groups is 1. The molecule has 0 bridgehead atoms. The number of nitrogens with one attached hydrogen (secondary N) is 1. The van der Waals surface area contributed by atoms with Crippen molar-refractivity contribution in [2.45, 2.75) is 13.5 Å². The molecular weight excluding hydrogens is 440 g/mol. The second-order valence-electron chi connectivity index (χ2n) is 7.28. The molecule has 0 spiro atoms. The van der Waals surface area contributed by atoms with Crippen LogP contribution in [0.25, 0.3) is 10.9 Å². The first kappa shape index (κ1) is 22.1. The number of anilines is 2. The molecule has 0 radical (unpaired) electrons. The Bertz CT molecular complexity index is 1330. The number of aryl methyl sites for hydroxylation is 1. The fraction of sp³-hybridized carbons (Fsp3) is 0.0833. The quantitative estimate of drug-likeness (QED) is 0.212. The van der Waals surface area contributed by atoms with Gasteiger partial charge in [-0.3, -0.25) is 10.1 Å². The van der Waals surface area contributed by atoms with E-state index in [1.807, 2.05) is 36.4 Å². The van der Waals surface area contributed by atoms with E-state index >= 15 is 0 Å². The van der Waals surface area contributed by atoms with Crippen LogP contribution >= 0.6 is 12.8 Å². The van der Waals surface area contributed by atoms with Gasteiger partial charge in [0.15, 0.2) is 0 Å². The van der Waals surface area contributed by atoms with Crippen LogP contribution in [0, 0.1) is 17.0 Å². The zero-order valence-electron chi connectivity index (χ0n) is 17.6. The molecule has 0 aliphatic heterocycles. The van der Waals surface area contributed by atoms with Gasteiger partial charge >= 0.3 is 6.03 Å². The normalized spacial score (nSPS) is 10.6. The highest BCUT2D eigenvalue weighted by molar-refractivity contribution is 7.82. The number of pyridine rings is 1. The van der Waals surface area contributed by atoms with Crippen LogP contribution in [0.2, 0.25) is 0 Å². The molecular formula is C24H20N4O4S. The van der Waals surface area contributed by atoms with Gasteiger partial charge in [-0.2, -0.15) is 0 Å². The van der Waals surface area contributed by atoms with Gasteiger partial charge in [0.2, 0.25) is 0 Å².